The van der Waals surface area contributed by atoms with Crippen LogP contribution in [0.5, 0.6) is 0 Å². The summed E-state index contributed by atoms with van der Waals surface area (Å²) in [6.45, 7) is 5.11. The van der Waals surface area contributed by atoms with Gasteiger partial charge >= 0.3 is 0 Å². The van der Waals surface area contributed by atoms with Crippen molar-refractivity contribution >= 4 is 28.2 Å². The van der Waals surface area contributed by atoms with Gasteiger partial charge in [0.1, 0.15) is 5.82 Å². The molecular weight excluding hydrogens is 355 g/mol. The highest BCUT2D eigenvalue weighted by Crippen LogP contribution is 2.22. The van der Waals surface area contributed by atoms with E-state index >= 15 is 0 Å². The monoisotopic (exact) mass is 378 g/mol. The van der Waals surface area contributed by atoms with Crippen molar-refractivity contribution < 1.29 is 9.18 Å². The molecule has 1 aromatic heterocycles. The minimum atomic E-state index is -0.234. The standard InChI is InChI=1S/C22H23FN4O/c1-16(22(28)25-21-6-2-5-20-19(21)4-3-11-24-20)26-12-14-27(15-13-26)18-9-7-17(23)8-10-18/h2-11,16H,12-15H2,1H3,(H,25,28). The van der Waals surface area contributed by atoms with Gasteiger partial charge in [-0.3, -0.25) is 14.7 Å². The fourth-order valence-electron chi connectivity index (χ4n) is 3.63. The molecule has 2 aromatic carbocycles. The van der Waals surface area contributed by atoms with Gasteiger partial charge in [0.2, 0.25) is 5.91 Å². The Morgan fingerprint density at radius 1 is 1.04 bits per heavy atom. The number of benzene rings is 2. The number of nitrogens with one attached hydrogen (secondary N) is 1. The van der Waals surface area contributed by atoms with Crippen LogP contribution in [0.2, 0.25) is 0 Å². The summed E-state index contributed by atoms with van der Waals surface area (Å²) in [5.41, 5.74) is 2.66. The summed E-state index contributed by atoms with van der Waals surface area (Å²) >= 11 is 0. The number of nitrogens with zero attached hydrogens (tertiary/aromatic N) is 3. The zero-order chi connectivity index (χ0) is 19.5. The van der Waals surface area contributed by atoms with Gasteiger partial charge in [0, 0.05) is 43.4 Å². The molecule has 4 rings (SSSR count). The van der Waals surface area contributed by atoms with E-state index in [0.29, 0.717) is 0 Å². The topological polar surface area (TPSA) is 48.5 Å². The number of hydrogen-bond acceptors (Lipinski definition) is 4. The largest absolute Gasteiger partial charge is 0.369 e. The van der Waals surface area contributed by atoms with Crippen molar-refractivity contribution in [2.45, 2.75) is 13.0 Å². The maximum atomic E-state index is 13.1. The van der Waals surface area contributed by atoms with Gasteiger partial charge in [-0.05, 0) is 55.5 Å². The third-order valence-corrected chi connectivity index (χ3v) is 5.34. The lowest BCUT2D eigenvalue weighted by atomic mass is 10.1. The fraction of sp³-hybridized carbons (Fsp3) is 0.273. The Morgan fingerprint density at radius 2 is 1.79 bits per heavy atom. The van der Waals surface area contributed by atoms with Gasteiger partial charge in [-0.1, -0.05) is 6.07 Å². The molecule has 0 aliphatic carbocycles. The second kappa shape index (κ2) is 7.94. The van der Waals surface area contributed by atoms with Crippen molar-refractivity contribution in [2.75, 3.05) is 36.4 Å². The highest BCUT2D eigenvalue weighted by Gasteiger charge is 2.26. The van der Waals surface area contributed by atoms with Gasteiger partial charge in [0.25, 0.3) is 0 Å². The lowest BCUT2D eigenvalue weighted by molar-refractivity contribution is -0.120. The number of carbonyl (C=O) groups excluding carboxylic acids is 1. The van der Waals surface area contributed by atoms with Crippen molar-refractivity contribution in [3.05, 3.63) is 66.6 Å². The van der Waals surface area contributed by atoms with E-state index in [-0.39, 0.29) is 17.8 Å². The van der Waals surface area contributed by atoms with E-state index in [1.54, 1.807) is 18.3 Å². The van der Waals surface area contributed by atoms with Crippen molar-refractivity contribution in [1.29, 1.82) is 0 Å². The Morgan fingerprint density at radius 3 is 2.54 bits per heavy atom. The Kier molecular flexibility index (Phi) is 5.21. The maximum Gasteiger partial charge on any atom is 0.241 e. The number of amides is 1. The minimum absolute atomic E-state index is 0.0217. The minimum Gasteiger partial charge on any atom is -0.369 e. The molecule has 1 amide bonds. The van der Waals surface area contributed by atoms with Crippen LogP contribution in [0.25, 0.3) is 10.9 Å². The van der Waals surface area contributed by atoms with Gasteiger partial charge in [0.15, 0.2) is 0 Å². The van der Waals surface area contributed by atoms with Gasteiger partial charge in [-0.2, -0.15) is 0 Å². The highest BCUT2D eigenvalue weighted by molar-refractivity contribution is 6.02. The molecular formula is C22H23FN4O. The molecule has 1 atom stereocenters. The average molecular weight is 378 g/mol. The number of anilines is 2. The first kappa shape index (κ1) is 18.4. The molecule has 3 aromatic rings. The van der Waals surface area contributed by atoms with Crippen molar-refractivity contribution in [3.8, 4) is 0 Å². The molecule has 1 aliphatic heterocycles. The van der Waals surface area contributed by atoms with Crippen LogP contribution in [0.1, 0.15) is 6.92 Å². The molecule has 1 aliphatic rings. The number of fused-ring (bicyclic) bond motifs is 1. The SMILES string of the molecule is CC(C(=O)Nc1cccc2ncccc12)N1CCN(c2ccc(F)cc2)CC1. The number of halogens is 1. The van der Waals surface area contributed by atoms with Crippen LogP contribution in [-0.2, 0) is 4.79 Å². The van der Waals surface area contributed by atoms with Crippen LogP contribution in [0.15, 0.2) is 60.8 Å². The summed E-state index contributed by atoms with van der Waals surface area (Å²) in [4.78, 5) is 21.6. The van der Waals surface area contributed by atoms with Crippen LogP contribution in [0.4, 0.5) is 15.8 Å². The van der Waals surface area contributed by atoms with E-state index < -0.39 is 0 Å². The zero-order valence-corrected chi connectivity index (χ0v) is 15.8. The molecule has 144 valence electrons. The van der Waals surface area contributed by atoms with E-state index in [0.717, 1.165) is 48.5 Å². The summed E-state index contributed by atoms with van der Waals surface area (Å²) in [7, 11) is 0. The van der Waals surface area contributed by atoms with E-state index in [1.165, 1.54) is 12.1 Å². The number of carbonyl (C=O) groups is 1. The Bertz CT molecular complexity index is 962. The number of aromatic nitrogens is 1. The zero-order valence-electron chi connectivity index (χ0n) is 15.8. The summed E-state index contributed by atoms with van der Waals surface area (Å²) in [6.07, 6.45) is 1.75. The van der Waals surface area contributed by atoms with Crippen LogP contribution in [0, 0.1) is 5.82 Å². The van der Waals surface area contributed by atoms with Gasteiger partial charge < -0.3 is 10.2 Å². The fourth-order valence-corrected chi connectivity index (χ4v) is 3.63. The number of hydrogen-bond donors (Lipinski definition) is 1. The van der Waals surface area contributed by atoms with Crippen LogP contribution < -0.4 is 10.2 Å². The van der Waals surface area contributed by atoms with Gasteiger partial charge in [0.05, 0.1) is 17.2 Å². The normalized spacial score (nSPS) is 16.1. The van der Waals surface area contributed by atoms with Crippen LogP contribution >= 0.6 is 0 Å². The molecule has 5 nitrogen and oxygen atoms in total. The molecule has 0 saturated carbocycles. The maximum absolute atomic E-state index is 13.1. The Balaban J connectivity index is 1.39. The van der Waals surface area contributed by atoms with Crippen molar-refractivity contribution in [2.24, 2.45) is 0 Å². The third kappa shape index (κ3) is 3.82. The number of rotatable bonds is 4. The summed E-state index contributed by atoms with van der Waals surface area (Å²) < 4.78 is 13.1. The second-order valence-electron chi connectivity index (χ2n) is 7.04. The van der Waals surface area contributed by atoms with Crippen LogP contribution in [-0.4, -0.2) is 48.0 Å². The van der Waals surface area contributed by atoms with Crippen molar-refractivity contribution in [1.82, 2.24) is 9.88 Å². The molecule has 2 heterocycles. The molecule has 6 heteroatoms. The quantitative estimate of drug-likeness (QED) is 0.755. The predicted octanol–water partition coefficient (Wildman–Crippen LogP) is 3.52. The van der Waals surface area contributed by atoms with Gasteiger partial charge in [-0.25, -0.2) is 4.39 Å². The predicted molar refractivity (Wildman–Crippen MR) is 110 cm³/mol. The first-order chi connectivity index (χ1) is 13.6. The first-order valence-corrected chi connectivity index (χ1v) is 9.51. The van der Waals surface area contributed by atoms with E-state index in [1.807, 2.05) is 37.3 Å². The third-order valence-electron chi connectivity index (χ3n) is 5.34. The van der Waals surface area contributed by atoms with E-state index in [4.69, 9.17) is 0 Å². The lowest BCUT2D eigenvalue weighted by Gasteiger charge is -2.38. The van der Waals surface area contributed by atoms with Crippen LogP contribution in [0.3, 0.4) is 0 Å². The molecule has 0 bridgehead atoms. The van der Waals surface area contributed by atoms with Gasteiger partial charge in [-0.15, -0.1) is 0 Å². The van der Waals surface area contributed by atoms with E-state index in [9.17, 15) is 9.18 Å². The van der Waals surface area contributed by atoms with Crippen molar-refractivity contribution in [3.63, 3.8) is 0 Å². The smallest absolute Gasteiger partial charge is 0.241 e. The Labute approximate surface area is 163 Å². The lowest BCUT2D eigenvalue weighted by Crippen LogP contribution is -2.52. The molecule has 1 fully saturated rings. The molecule has 1 N–H and O–H groups in total. The average Bonchev–Trinajstić information content (AvgIpc) is 2.74. The second-order valence-corrected chi connectivity index (χ2v) is 7.04. The number of pyridine rings is 1. The number of piperazine rings is 1. The molecule has 0 radical (unpaired) electrons. The Hall–Kier alpha value is -2.99. The molecule has 0 spiro atoms. The molecule has 1 saturated heterocycles. The van der Waals surface area contributed by atoms with E-state index in [2.05, 4.69) is 20.1 Å². The molecule has 1 unspecified atom stereocenters. The summed E-state index contributed by atoms with van der Waals surface area (Å²) in [5.74, 6) is -0.247. The first-order valence-electron chi connectivity index (χ1n) is 9.51. The summed E-state index contributed by atoms with van der Waals surface area (Å²) in [6, 6.07) is 15.9. The molecule has 28 heavy (non-hydrogen) atoms. The highest BCUT2D eigenvalue weighted by atomic mass is 19.1. The summed E-state index contributed by atoms with van der Waals surface area (Å²) in [5, 5.41) is 3.99.